The van der Waals surface area contributed by atoms with E-state index < -0.39 is 0 Å². The van der Waals surface area contributed by atoms with Crippen LogP contribution in [-0.2, 0) is 13.0 Å². The van der Waals surface area contributed by atoms with Crippen molar-refractivity contribution < 1.29 is 0 Å². The molecule has 2 aromatic carbocycles. The Labute approximate surface area is 160 Å². The van der Waals surface area contributed by atoms with Crippen LogP contribution in [0.1, 0.15) is 11.1 Å². The molecule has 5 heteroatoms. The van der Waals surface area contributed by atoms with Crippen molar-refractivity contribution in [2.75, 3.05) is 32.7 Å². The summed E-state index contributed by atoms with van der Waals surface area (Å²) in [7, 11) is 0. The van der Waals surface area contributed by atoms with Crippen LogP contribution < -0.4 is 5.32 Å². The molecule has 0 spiro atoms. The maximum absolute atomic E-state index is 6.26. The van der Waals surface area contributed by atoms with Crippen LogP contribution >= 0.6 is 23.8 Å². The minimum Gasteiger partial charge on any atom is -0.362 e. The third-order valence-electron chi connectivity index (χ3n) is 4.54. The monoisotopic (exact) mass is 373 g/mol. The number of rotatable bonds is 5. The van der Waals surface area contributed by atoms with Gasteiger partial charge in [-0.1, -0.05) is 60.1 Å². The molecule has 1 heterocycles. The Balaban J connectivity index is 1.39. The van der Waals surface area contributed by atoms with Gasteiger partial charge in [0.15, 0.2) is 5.11 Å². The molecule has 0 unspecified atom stereocenters. The van der Waals surface area contributed by atoms with E-state index in [0.29, 0.717) is 0 Å². The fraction of sp³-hybridized carbons (Fsp3) is 0.350. The molecule has 0 saturated carbocycles. The molecule has 1 fully saturated rings. The van der Waals surface area contributed by atoms with E-state index in [-0.39, 0.29) is 0 Å². The van der Waals surface area contributed by atoms with E-state index in [1.165, 1.54) is 11.1 Å². The largest absolute Gasteiger partial charge is 0.362 e. The Morgan fingerprint density at radius 3 is 2.36 bits per heavy atom. The first-order valence-electron chi connectivity index (χ1n) is 8.75. The maximum atomic E-state index is 6.26. The fourth-order valence-electron chi connectivity index (χ4n) is 3.05. The molecule has 2 aromatic rings. The Bertz CT molecular complexity index is 684. The Kier molecular flexibility index (Phi) is 6.68. The first-order chi connectivity index (χ1) is 12.2. The Morgan fingerprint density at radius 2 is 1.64 bits per heavy atom. The Morgan fingerprint density at radius 1 is 0.960 bits per heavy atom. The van der Waals surface area contributed by atoms with Gasteiger partial charge < -0.3 is 10.2 Å². The number of halogens is 1. The van der Waals surface area contributed by atoms with Crippen molar-refractivity contribution in [2.45, 2.75) is 13.0 Å². The number of benzene rings is 2. The average molecular weight is 374 g/mol. The third-order valence-corrected chi connectivity index (χ3v) is 5.32. The molecule has 3 nitrogen and oxygen atoms in total. The van der Waals surface area contributed by atoms with Gasteiger partial charge in [-0.2, -0.15) is 0 Å². The molecular weight excluding hydrogens is 350 g/mol. The van der Waals surface area contributed by atoms with Crippen LogP contribution in [0.25, 0.3) is 0 Å². The van der Waals surface area contributed by atoms with Crippen LogP contribution in [0.15, 0.2) is 54.6 Å². The molecule has 0 aromatic heterocycles. The quantitative estimate of drug-likeness (QED) is 0.807. The lowest BCUT2D eigenvalue weighted by Gasteiger charge is -2.36. The van der Waals surface area contributed by atoms with Crippen LogP contribution in [0.3, 0.4) is 0 Å². The summed E-state index contributed by atoms with van der Waals surface area (Å²) in [4.78, 5) is 4.70. The van der Waals surface area contributed by atoms with Gasteiger partial charge in [-0.3, -0.25) is 4.90 Å². The second-order valence-corrected chi connectivity index (χ2v) is 7.12. The van der Waals surface area contributed by atoms with Crippen LogP contribution in [0.2, 0.25) is 5.02 Å². The number of thiocarbonyl (C=S) groups is 1. The molecule has 0 bridgehead atoms. The minimum atomic E-state index is 0.850. The van der Waals surface area contributed by atoms with Crippen LogP contribution in [-0.4, -0.2) is 47.6 Å². The highest BCUT2D eigenvalue weighted by Crippen LogP contribution is 2.17. The first kappa shape index (κ1) is 18.2. The second-order valence-electron chi connectivity index (χ2n) is 6.32. The van der Waals surface area contributed by atoms with Gasteiger partial charge in [-0.15, -0.1) is 0 Å². The van der Waals surface area contributed by atoms with Crippen molar-refractivity contribution >= 4 is 28.9 Å². The van der Waals surface area contributed by atoms with E-state index in [2.05, 4.69) is 45.4 Å². The van der Waals surface area contributed by atoms with Gasteiger partial charge in [0.2, 0.25) is 0 Å². The zero-order valence-corrected chi connectivity index (χ0v) is 15.9. The van der Waals surface area contributed by atoms with Crippen LogP contribution in [0.4, 0.5) is 0 Å². The normalized spacial score (nSPS) is 15.2. The van der Waals surface area contributed by atoms with Crippen molar-refractivity contribution in [1.29, 1.82) is 0 Å². The van der Waals surface area contributed by atoms with E-state index in [9.17, 15) is 0 Å². The maximum Gasteiger partial charge on any atom is 0.169 e. The summed E-state index contributed by atoms with van der Waals surface area (Å²) in [6.07, 6.45) is 0.994. The lowest BCUT2D eigenvalue weighted by atomic mass is 10.1. The van der Waals surface area contributed by atoms with Crippen molar-refractivity contribution in [2.24, 2.45) is 0 Å². The average Bonchev–Trinajstić information content (AvgIpc) is 2.65. The van der Waals surface area contributed by atoms with Gasteiger partial charge in [-0.25, -0.2) is 0 Å². The summed E-state index contributed by atoms with van der Waals surface area (Å²) in [5.74, 6) is 0. The molecule has 1 N–H and O–H groups in total. The van der Waals surface area contributed by atoms with Gasteiger partial charge in [0.05, 0.1) is 0 Å². The van der Waals surface area contributed by atoms with Gasteiger partial charge in [0.1, 0.15) is 0 Å². The van der Waals surface area contributed by atoms with Gasteiger partial charge >= 0.3 is 0 Å². The van der Waals surface area contributed by atoms with Gasteiger partial charge in [0, 0.05) is 44.3 Å². The highest BCUT2D eigenvalue weighted by Gasteiger charge is 2.19. The molecular formula is C20H24ClN3S. The van der Waals surface area contributed by atoms with Crippen molar-refractivity contribution in [3.8, 4) is 0 Å². The molecule has 1 aliphatic rings. The summed E-state index contributed by atoms with van der Waals surface area (Å²) in [6, 6.07) is 18.6. The summed E-state index contributed by atoms with van der Waals surface area (Å²) in [5, 5.41) is 5.11. The summed E-state index contributed by atoms with van der Waals surface area (Å²) in [6.45, 7) is 5.71. The fourth-order valence-corrected chi connectivity index (χ4v) is 3.53. The Hall–Kier alpha value is -1.62. The van der Waals surface area contributed by atoms with Crippen molar-refractivity contribution in [3.63, 3.8) is 0 Å². The molecule has 1 saturated heterocycles. The zero-order chi connectivity index (χ0) is 17.5. The molecule has 3 rings (SSSR count). The highest BCUT2D eigenvalue weighted by molar-refractivity contribution is 7.80. The summed E-state index contributed by atoms with van der Waals surface area (Å²) >= 11 is 11.8. The molecule has 0 amide bonds. The van der Waals surface area contributed by atoms with Crippen LogP contribution in [0.5, 0.6) is 0 Å². The van der Waals surface area contributed by atoms with Crippen molar-refractivity contribution in [3.05, 3.63) is 70.7 Å². The molecule has 0 aliphatic carbocycles. The third kappa shape index (κ3) is 5.43. The predicted molar refractivity (Wildman–Crippen MR) is 109 cm³/mol. The number of nitrogens with zero attached hydrogens (tertiary/aromatic N) is 2. The van der Waals surface area contributed by atoms with E-state index in [0.717, 1.165) is 55.8 Å². The lowest BCUT2D eigenvalue weighted by molar-refractivity contribution is 0.174. The second kappa shape index (κ2) is 9.18. The number of hydrogen-bond acceptors (Lipinski definition) is 2. The van der Waals surface area contributed by atoms with E-state index >= 15 is 0 Å². The molecule has 25 heavy (non-hydrogen) atoms. The highest BCUT2D eigenvalue weighted by atomic mass is 35.5. The summed E-state index contributed by atoms with van der Waals surface area (Å²) in [5.41, 5.74) is 2.53. The van der Waals surface area contributed by atoms with Gasteiger partial charge in [0.25, 0.3) is 0 Å². The minimum absolute atomic E-state index is 0.850. The molecule has 0 radical (unpaired) electrons. The smallest absolute Gasteiger partial charge is 0.169 e. The van der Waals surface area contributed by atoms with Crippen molar-refractivity contribution in [1.82, 2.24) is 15.1 Å². The summed E-state index contributed by atoms with van der Waals surface area (Å²) < 4.78 is 0. The van der Waals surface area contributed by atoms with E-state index in [1.54, 1.807) is 0 Å². The number of piperazine rings is 1. The molecule has 0 atom stereocenters. The standard InChI is InChI=1S/C20H24ClN3S/c21-19-9-5-4-8-18(19)16-23-12-14-24(15-13-23)20(25)22-11-10-17-6-2-1-3-7-17/h1-9H,10-16H2,(H,22,25). The van der Waals surface area contributed by atoms with E-state index in [1.807, 2.05) is 24.3 Å². The van der Waals surface area contributed by atoms with E-state index in [4.69, 9.17) is 23.8 Å². The van der Waals surface area contributed by atoms with Gasteiger partial charge in [-0.05, 0) is 35.8 Å². The van der Waals surface area contributed by atoms with Crippen LogP contribution in [0, 0.1) is 0 Å². The number of hydrogen-bond donors (Lipinski definition) is 1. The molecule has 132 valence electrons. The molecule has 1 aliphatic heterocycles. The zero-order valence-electron chi connectivity index (χ0n) is 14.3. The SMILES string of the molecule is S=C(NCCc1ccccc1)N1CCN(Cc2ccccc2Cl)CC1. The lowest BCUT2D eigenvalue weighted by Crippen LogP contribution is -2.51. The topological polar surface area (TPSA) is 18.5 Å². The predicted octanol–water partition coefficient (Wildman–Crippen LogP) is 3.57. The number of nitrogens with one attached hydrogen (secondary N) is 1. The first-order valence-corrected chi connectivity index (χ1v) is 9.53.